The molecule has 3 aromatic rings. The van der Waals surface area contributed by atoms with Crippen molar-refractivity contribution in [2.24, 2.45) is 11.7 Å². The van der Waals surface area contributed by atoms with Gasteiger partial charge in [-0.25, -0.2) is 4.68 Å². The Morgan fingerprint density at radius 3 is 2.52 bits per heavy atom. The standard InChI is InChI=1S/C25H25N5O3/c1-2-21(31)29-13-12-20-17(14-29)15-30-25(27-20)22(24(26)32)23(28-30)16-8-10-19(11-9-16)33-18-6-4-3-5-7-18/h2-11,17,20,27H,1,12-15H2,(H2,26,32). The summed E-state index contributed by atoms with van der Waals surface area (Å²) in [5, 5.41) is 8.20. The zero-order valence-electron chi connectivity index (χ0n) is 18.1. The number of nitrogens with zero attached hydrogens (tertiary/aromatic N) is 3. The monoisotopic (exact) mass is 443 g/mol. The van der Waals surface area contributed by atoms with Gasteiger partial charge in [-0.1, -0.05) is 24.8 Å². The lowest BCUT2D eigenvalue weighted by atomic mass is 9.90. The molecule has 1 fully saturated rings. The van der Waals surface area contributed by atoms with Crippen molar-refractivity contribution in [3.63, 3.8) is 0 Å². The molecule has 2 atom stereocenters. The van der Waals surface area contributed by atoms with E-state index in [0.29, 0.717) is 42.5 Å². The third-order valence-electron chi connectivity index (χ3n) is 6.26. The number of anilines is 1. The predicted octanol–water partition coefficient (Wildman–Crippen LogP) is 3.27. The Balaban J connectivity index is 1.42. The summed E-state index contributed by atoms with van der Waals surface area (Å²) in [5.74, 6) is 1.68. The summed E-state index contributed by atoms with van der Waals surface area (Å²) >= 11 is 0. The van der Waals surface area contributed by atoms with E-state index in [9.17, 15) is 9.59 Å². The number of carbonyl (C=O) groups is 2. The molecule has 2 unspecified atom stereocenters. The number of nitrogens with one attached hydrogen (secondary N) is 1. The first-order valence-corrected chi connectivity index (χ1v) is 11.0. The van der Waals surface area contributed by atoms with Gasteiger partial charge in [0.25, 0.3) is 5.91 Å². The van der Waals surface area contributed by atoms with Crippen molar-refractivity contribution >= 4 is 17.6 Å². The van der Waals surface area contributed by atoms with Gasteiger partial charge in [-0.05, 0) is 48.9 Å². The third-order valence-corrected chi connectivity index (χ3v) is 6.26. The van der Waals surface area contributed by atoms with Crippen molar-refractivity contribution in [3.05, 3.63) is 72.8 Å². The largest absolute Gasteiger partial charge is 0.457 e. The number of fused-ring (bicyclic) bond motifs is 2. The van der Waals surface area contributed by atoms with E-state index in [1.807, 2.05) is 59.5 Å². The minimum atomic E-state index is -0.527. The van der Waals surface area contributed by atoms with Crippen molar-refractivity contribution in [2.45, 2.75) is 19.0 Å². The van der Waals surface area contributed by atoms with Crippen LogP contribution in [0.3, 0.4) is 0 Å². The number of piperidine rings is 1. The molecule has 2 aliphatic heterocycles. The van der Waals surface area contributed by atoms with Gasteiger partial charge in [-0.2, -0.15) is 5.10 Å². The number of benzene rings is 2. The molecule has 8 heteroatoms. The third kappa shape index (κ3) is 3.95. The van der Waals surface area contributed by atoms with Crippen LogP contribution in [0.1, 0.15) is 16.8 Å². The Hall–Kier alpha value is -4.07. The molecule has 8 nitrogen and oxygen atoms in total. The van der Waals surface area contributed by atoms with Crippen LogP contribution in [0.2, 0.25) is 0 Å². The summed E-state index contributed by atoms with van der Waals surface area (Å²) in [5.41, 5.74) is 7.48. The lowest BCUT2D eigenvalue weighted by molar-refractivity contribution is -0.128. The van der Waals surface area contributed by atoms with Gasteiger partial charge in [0, 0.05) is 37.2 Å². The lowest BCUT2D eigenvalue weighted by Gasteiger charge is -2.41. The minimum Gasteiger partial charge on any atom is -0.457 e. The number of likely N-dealkylation sites (tertiary alicyclic amines) is 1. The zero-order valence-corrected chi connectivity index (χ0v) is 18.1. The summed E-state index contributed by atoms with van der Waals surface area (Å²) in [6.07, 6.45) is 2.14. The molecule has 5 rings (SSSR count). The van der Waals surface area contributed by atoms with Crippen LogP contribution in [0, 0.1) is 5.92 Å². The summed E-state index contributed by atoms with van der Waals surface area (Å²) in [6, 6.07) is 17.1. The van der Waals surface area contributed by atoms with Crippen molar-refractivity contribution < 1.29 is 14.3 Å². The van der Waals surface area contributed by atoms with Gasteiger partial charge in [0.05, 0.1) is 0 Å². The SMILES string of the molecule is C=CC(=O)N1CCC2Nc3c(C(N)=O)c(-c4ccc(Oc5ccccc5)cc4)nn3CC2C1. The van der Waals surface area contributed by atoms with E-state index >= 15 is 0 Å². The number of hydrogen-bond acceptors (Lipinski definition) is 5. The number of amides is 2. The van der Waals surface area contributed by atoms with Gasteiger partial charge in [0.15, 0.2) is 0 Å². The highest BCUT2D eigenvalue weighted by atomic mass is 16.5. The highest BCUT2D eigenvalue weighted by molar-refractivity contribution is 6.04. The summed E-state index contributed by atoms with van der Waals surface area (Å²) in [6.45, 7) is 5.46. The smallest absolute Gasteiger partial charge is 0.254 e. The van der Waals surface area contributed by atoms with Gasteiger partial charge < -0.3 is 20.7 Å². The van der Waals surface area contributed by atoms with Crippen molar-refractivity contribution in [3.8, 4) is 22.8 Å². The maximum atomic E-state index is 12.4. The average Bonchev–Trinajstić information content (AvgIpc) is 3.21. The molecule has 1 aromatic heterocycles. The van der Waals surface area contributed by atoms with Gasteiger partial charge in [0.2, 0.25) is 5.91 Å². The first kappa shape index (κ1) is 20.8. The van der Waals surface area contributed by atoms with E-state index in [2.05, 4.69) is 11.9 Å². The van der Waals surface area contributed by atoms with E-state index in [-0.39, 0.29) is 17.9 Å². The Morgan fingerprint density at radius 2 is 1.82 bits per heavy atom. The Bertz CT molecular complexity index is 1200. The Kier molecular flexibility index (Phi) is 5.34. The van der Waals surface area contributed by atoms with Crippen LogP contribution >= 0.6 is 0 Å². The van der Waals surface area contributed by atoms with Crippen molar-refractivity contribution in [2.75, 3.05) is 18.4 Å². The fraction of sp³-hybridized carbons (Fsp3) is 0.240. The summed E-state index contributed by atoms with van der Waals surface area (Å²) in [4.78, 5) is 26.3. The quantitative estimate of drug-likeness (QED) is 0.589. The number of hydrogen-bond donors (Lipinski definition) is 2. The number of carbonyl (C=O) groups excluding carboxylic acids is 2. The van der Waals surface area contributed by atoms with E-state index in [1.54, 1.807) is 4.68 Å². The first-order valence-electron chi connectivity index (χ1n) is 11.0. The highest BCUT2D eigenvalue weighted by Crippen LogP contribution is 2.36. The molecule has 2 aromatic carbocycles. The second-order valence-electron chi connectivity index (χ2n) is 8.35. The Labute approximate surface area is 191 Å². The van der Waals surface area contributed by atoms with E-state index in [1.165, 1.54) is 6.08 Å². The van der Waals surface area contributed by atoms with E-state index < -0.39 is 5.91 Å². The molecule has 0 saturated carbocycles. The average molecular weight is 444 g/mol. The molecule has 3 heterocycles. The normalized spacial score (nSPS) is 19.1. The van der Waals surface area contributed by atoms with Gasteiger partial charge in [-0.15, -0.1) is 0 Å². The fourth-order valence-corrected chi connectivity index (χ4v) is 4.62. The Morgan fingerprint density at radius 1 is 1.09 bits per heavy atom. The first-order chi connectivity index (χ1) is 16.0. The number of nitrogens with two attached hydrogens (primary N) is 1. The number of rotatable bonds is 5. The topological polar surface area (TPSA) is 102 Å². The van der Waals surface area contributed by atoms with Crippen molar-refractivity contribution in [1.29, 1.82) is 0 Å². The molecule has 0 aliphatic carbocycles. The minimum absolute atomic E-state index is 0.0592. The van der Waals surface area contributed by atoms with Gasteiger partial charge in [-0.3, -0.25) is 9.59 Å². The van der Waals surface area contributed by atoms with Crippen LogP contribution < -0.4 is 15.8 Å². The van der Waals surface area contributed by atoms with Gasteiger partial charge in [0.1, 0.15) is 28.6 Å². The summed E-state index contributed by atoms with van der Waals surface area (Å²) in [7, 11) is 0. The molecule has 2 amide bonds. The maximum absolute atomic E-state index is 12.4. The zero-order chi connectivity index (χ0) is 22.9. The molecular weight excluding hydrogens is 418 g/mol. The molecule has 0 spiro atoms. The molecule has 0 bridgehead atoms. The molecule has 33 heavy (non-hydrogen) atoms. The maximum Gasteiger partial charge on any atom is 0.254 e. The highest BCUT2D eigenvalue weighted by Gasteiger charge is 2.37. The second-order valence-corrected chi connectivity index (χ2v) is 8.35. The van der Waals surface area contributed by atoms with E-state index in [0.717, 1.165) is 17.7 Å². The predicted molar refractivity (Wildman–Crippen MR) is 125 cm³/mol. The number of para-hydroxylation sites is 1. The lowest BCUT2D eigenvalue weighted by Crippen LogP contribution is -2.52. The molecule has 2 aliphatic rings. The van der Waals surface area contributed by atoms with Crippen molar-refractivity contribution in [1.82, 2.24) is 14.7 Å². The number of aromatic nitrogens is 2. The molecule has 1 saturated heterocycles. The number of primary amides is 1. The summed E-state index contributed by atoms with van der Waals surface area (Å²) < 4.78 is 7.66. The second kappa shape index (κ2) is 8.46. The van der Waals surface area contributed by atoms with Crippen LogP contribution in [0.4, 0.5) is 5.82 Å². The van der Waals surface area contributed by atoms with E-state index in [4.69, 9.17) is 15.6 Å². The molecule has 168 valence electrons. The van der Waals surface area contributed by atoms with Crippen LogP contribution in [0.25, 0.3) is 11.3 Å². The van der Waals surface area contributed by atoms with Crippen LogP contribution in [-0.2, 0) is 11.3 Å². The fourth-order valence-electron chi connectivity index (χ4n) is 4.62. The number of ether oxygens (including phenoxy) is 1. The van der Waals surface area contributed by atoms with Crippen LogP contribution in [0.5, 0.6) is 11.5 Å². The van der Waals surface area contributed by atoms with Gasteiger partial charge >= 0.3 is 0 Å². The van der Waals surface area contributed by atoms with Crippen LogP contribution in [0.15, 0.2) is 67.3 Å². The molecule has 0 radical (unpaired) electrons. The molecule has 3 N–H and O–H groups in total. The molecular formula is C25H25N5O3. The van der Waals surface area contributed by atoms with Crippen LogP contribution in [-0.4, -0.2) is 45.6 Å².